The summed E-state index contributed by atoms with van der Waals surface area (Å²) in [6.45, 7) is 0. The Balaban J connectivity index is 1.48. The van der Waals surface area contributed by atoms with Crippen LogP contribution in [0.25, 0.3) is 11.5 Å². The van der Waals surface area contributed by atoms with Gasteiger partial charge < -0.3 is 9.15 Å². The summed E-state index contributed by atoms with van der Waals surface area (Å²) in [5, 5.41) is 10.5. The Kier molecular flexibility index (Phi) is 4.75. The fourth-order valence-corrected chi connectivity index (χ4v) is 4.60. The molecule has 32 heavy (non-hydrogen) atoms. The average molecular weight is 447 g/mol. The predicted molar refractivity (Wildman–Crippen MR) is 116 cm³/mol. The lowest BCUT2D eigenvalue weighted by atomic mass is 9.87. The van der Waals surface area contributed by atoms with E-state index in [1.54, 1.807) is 30.3 Å². The van der Waals surface area contributed by atoms with Crippen molar-refractivity contribution in [2.24, 2.45) is 0 Å². The molecule has 0 aliphatic carbocycles. The van der Waals surface area contributed by atoms with Crippen LogP contribution in [-0.4, -0.2) is 30.8 Å². The van der Waals surface area contributed by atoms with E-state index in [2.05, 4.69) is 15.5 Å². The molecule has 1 aliphatic heterocycles. The monoisotopic (exact) mass is 447 g/mol. The molecule has 0 bridgehead atoms. The predicted octanol–water partition coefficient (Wildman–Crippen LogP) is 4.02. The van der Waals surface area contributed by atoms with E-state index in [1.165, 1.54) is 6.07 Å². The molecule has 1 aliphatic rings. The number of rotatable bonds is 4. The van der Waals surface area contributed by atoms with E-state index in [9.17, 15) is 13.2 Å². The topological polar surface area (TPSA) is 111 Å². The van der Waals surface area contributed by atoms with Crippen LogP contribution in [0.1, 0.15) is 17.0 Å². The van der Waals surface area contributed by atoms with Gasteiger partial charge in [0.2, 0.25) is 5.91 Å². The van der Waals surface area contributed by atoms with Crippen LogP contribution in [0.4, 0.5) is 6.01 Å². The summed E-state index contributed by atoms with van der Waals surface area (Å²) in [4.78, 5) is 13.3. The number of hydrogen-bond acceptors (Lipinski definition) is 7. The minimum atomic E-state index is -3.51. The number of amides is 1. The lowest BCUT2D eigenvalue weighted by Crippen LogP contribution is -2.25. The van der Waals surface area contributed by atoms with E-state index in [-0.39, 0.29) is 28.3 Å². The number of hydrogen-bond donors (Lipinski definition) is 1. The number of ether oxygens (including phenoxy) is 1. The third-order valence-corrected chi connectivity index (χ3v) is 6.27. The van der Waals surface area contributed by atoms with Crippen molar-refractivity contribution in [3.63, 3.8) is 0 Å². The Morgan fingerprint density at radius 2 is 1.47 bits per heavy atom. The van der Waals surface area contributed by atoms with Gasteiger partial charge in [-0.25, -0.2) is 8.42 Å². The van der Waals surface area contributed by atoms with Crippen molar-refractivity contribution in [1.29, 1.82) is 0 Å². The zero-order valence-electron chi connectivity index (χ0n) is 16.8. The first kappa shape index (κ1) is 20.0. The molecule has 0 spiro atoms. The second-order valence-electron chi connectivity index (χ2n) is 7.28. The van der Waals surface area contributed by atoms with Gasteiger partial charge in [0.1, 0.15) is 11.5 Å². The number of nitrogens with one attached hydrogen (secondary N) is 1. The Morgan fingerprint density at radius 3 is 2.12 bits per heavy atom. The fourth-order valence-electron chi connectivity index (χ4n) is 3.72. The van der Waals surface area contributed by atoms with E-state index in [0.717, 1.165) is 6.26 Å². The van der Waals surface area contributed by atoms with Crippen LogP contribution >= 0.6 is 0 Å². The average Bonchev–Trinajstić information content (AvgIpc) is 3.25. The molecular weight excluding hydrogens is 430 g/mol. The maximum absolute atomic E-state index is 13.3. The lowest BCUT2D eigenvalue weighted by molar-refractivity contribution is -0.117. The summed E-state index contributed by atoms with van der Waals surface area (Å²) >= 11 is 0. The summed E-state index contributed by atoms with van der Waals surface area (Å²) in [5.74, 6) is 0.169. The number of para-hydroxylation sites is 2. The molecule has 160 valence electrons. The van der Waals surface area contributed by atoms with Crippen molar-refractivity contribution < 1.29 is 22.4 Å². The maximum atomic E-state index is 13.3. The van der Waals surface area contributed by atoms with E-state index in [0.29, 0.717) is 22.6 Å². The number of aromatic nitrogens is 2. The Labute approximate surface area is 183 Å². The van der Waals surface area contributed by atoms with E-state index in [4.69, 9.17) is 9.15 Å². The van der Waals surface area contributed by atoms with Gasteiger partial charge in [-0.15, -0.1) is 5.10 Å². The van der Waals surface area contributed by atoms with Crippen LogP contribution < -0.4 is 10.1 Å². The van der Waals surface area contributed by atoms with Gasteiger partial charge >= 0.3 is 6.01 Å². The van der Waals surface area contributed by atoms with Gasteiger partial charge in [-0.2, -0.15) is 0 Å². The highest BCUT2D eigenvalue weighted by Crippen LogP contribution is 2.44. The Hall–Kier alpha value is -3.98. The van der Waals surface area contributed by atoms with Crippen molar-refractivity contribution >= 4 is 21.8 Å². The number of carbonyl (C=O) groups excluding carboxylic acids is 1. The number of fused-ring (bicyclic) bond motifs is 2. The molecule has 0 saturated carbocycles. The van der Waals surface area contributed by atoms with E-state index in [1.807, 2.05) is 36.4 Å². The quantitative estimate of drug-likeness (QED) is 0.503. The summed E-state index contributed by atoms with van der Waals surface area (Å²) in [5.41, 5.74) is 1.70. The minimum Gasteiger partial charge on any atom is -0.457 e. The third-order valence-electron chi connectivity index (χ3n) is 5.11. The van der Waals surface area contributed by atoms with Gasteiger partial charge in [-0.05, 0) is 24.3 Å². The molecule has 8 nitrogen and oxygen atoms in total. The molecule has 0 atom stereocenters. The second-order valence-corrected chi connectivity index (χ2v) is 9.26. The largest absolute Gasteiger partial charge is 0.457 e. The second kappa shape index (κ2) is 7.61. The minimum absolute atomic E-state index is 0.00546. The van der Waals surface area contributed by atoms with Crippen molar-refractivity contribution in [2.75, 3.05) is 11.6 Å². The number of sulfone groups is 1. The number of carbonyl (C=O) groups is 1. The van der Waals surface area contributed by atoms with E-state index < -0.39 is 15.8 Å². The smallest absolute Gasteiger partial charge is 0.322 e. The number of nitrogens with zero attached hydrogens (tertiary/aromatic N) is 2. The molecule has 5 rings (SSSR count). The number of anilines is 1. The summed E-state index contributed by atoms with van der Waals surface area (Å²) in [7, 11) is -3.51. The molecule has 4 aromatic rings. The molecule has 3 aromatic carbocycles. The molecule has 1 N–H and O–H groups in total. The zero-order chi connectivity index (χ0) is 22.3. The SMILES string of the molecule is CS(=O)(=O)c1ccccc1-c1nnc(NC(=O)C2c3ccccc3Oc3ccccc32)o1. The van der Waals surface area contributed by atoms with Gasteiger partial charge in [0, 0.05) is 17.4 Å². The number of benzene rings is 3. The van der Waals surface area contributed by atoms with Crippen LogP contribution in [0, 0.1) is 0 Å². The van der Waals surface area contributed by atoms with Crippen LogP contribution in [0.2, 0.25) is 0 Å². The molecule has 2 heterocycles. The molecule has 0 unspecified atom stereocenters. The summed E-state index contributed by atoms with van der Waals surface area (Å²) in [6, 6.07) is 20.8. The molecule has 0 saturated heterocycles. The van der Waals surface area contributed by atoms with Crippen LogP contribution in [0.5, 0.6) is 11.5 Å². The molecule has 1 amide bonds. The fraction of sp³-hybridized carbons (Fsp3) is 0.0870. The first-order valence-electron chi connectivity index (χ1n) is 9.71. The van der Waals surface area contributed by atoms with Crippen LogP contribution in [-0.2, 0) is 14.6 Å². The normalized spacial score (nSPS) is 13.0. The highest BCUT2D eigenvalue weighted by Gasteiger charge is 2.33. The highest BCUT2D eigenvalue weighted by atomic mass is 32.2. The maximum Gasteiger partial charge on any atom is 0.322 e. The Bertz CT molecular complexity index is 1400. The summed E-state index contributed by atoms with van der Waals surface area (Å²) < 4.78 is 35.7. The van der Waals surface area contributed by atoms with Crippen LogP contribution in [0.3, 0.4) is 0 Å². The van der Waals surface area contributed by atoms with Gasteiger partial charge in [-0.1, -0.05) is 53.6 Å². The third kappa shape index (κ3) is 3.52. The molecule has 0 radical (unpaired) electrons. The molecule has 1 aromatic heterocycles. The molecular formula is C23H17N3O5S. The van der Waals surface area contributed by atoms with Crippen molar-refractivity contribution in [3.05, 3.63) is 83.9 Å². The van der Waals surface area contributed by atoms with E-state index >= 15 is 0 Å². The Morgan fingerprint density at radius 1 is 0.875 bits per heavy atom. The molecule has 9 heteroatoms. The van der Waals surface area contributed by atoms with Crippen molar-refractivity contribution in [2.45, 2.75) is 10.8 Å². The highest BCUT2D eigenvalue weighted by molar-refractivity contribution is 7.90. The van der Waals surface area contributed by atoms with Gasteiger partial charge in [0.25, 0.3) is 5.89 Å². The lowest BCUT2D eigenvalue weighted by Gasteiger charge is -2.26. The van der Waals surface area contributed by atoms with Crippen molar-refractivity contribution in [3.8, 4) is 23.0 Å². The first-order chi connectivity index (χ1) is 15.4. The van der Waals surface area contributed by atoms with Gasteiger partial charge in [0.05, 0.1) is 16.4 Å². The van der Waals surface area contributed by atoms with Gasteiger partial charge in [-0.3, -0.25) is 10.1 Å². The zero-order valence-corrected chi connectivity index (χ0v) is 17.7. The molecule has 0 fully saturated rings. The van der Waals surface area contributed by atoms with Gasteiger partial charge in [0.15, 0.2) is 9.84 Å². The first-order valence-corrected chi connectivity index (χ1v) is 11.6. The summed E-state index contributed by atoms with van der Waals surface area (Å²) in [6.07, 6.45) is 1.10. The van der Waals surface area contributed by atoms with Crippen molar-refractivity contribution in [1.82, 2.24) is 10.2 Å². The standard InChI is InChI=1S/C23H17N3O5S/c1-32(28,29)19-13-7-4-10-16(19)22-25-26-23(31-22)24-21(27)20-14-8-2-5-11-17(14)30-18-12-6-3-9-15(18)20/h2-13,20H,1H3,(H,24,26,27). The van der Waals surface area contributed by atoms with Crippen LogP contribution in [0.15, 0.2) is 82.1 Å².